The van der Waals surface area contributed by atoms with Crippen LogP contribution in [0.3, 0.4) is 0 Å². The first-order valence-corrected chi connectivity index (χ1v) is 6.29. The fourth-order valence-electron chi connectivity index (χ4n) is 1.89. The van der Waals surface area contributed by atoms with E-state index in [1.165, 1.54) is 0 Å². The van der Waals surface area contributed by atoms with Crippen molar-refractivity contribution in [1.82, 2.24) is 9.78 Å². The van der Waals surface area contributed by atoms with Gasteiger partial charge in [0.2, 0.25) is 5.88 Å². The third-order valence-corrected chi connectivity index (χ3v) is 2.83. The quantitative estimate of drug-likeness (QED) is 0.829. The zero-order chi connectivity index (χ0) is 12.3. The van der Waals surface area contributed by atoms with E-state index in [2.05, 4.69) is 25.9 Å². The van der Waals surface area contributed by atoms with Crippen molar-refractivity contribution in [3.63, 3.8) is 0 Å². The lowest BCUT2D eigenvalue weighted by atomic mass is 10.0. The molecule has 16 heavy (non-hydrogen) atoms. The van der Waals surface area contributed by atoms with Gasteiger partial charge in [-0.25, -0.2) is 4.68 Å². The van der Waals surface area contributed by atoms with Crippen LogP contribution in [0.4, 0.5) is 0 Å². The van der Waals surface area contributed by atoms with E-state index in [0.717, 1.165) is 30.5 Å². The SMILES string of the molecule is CCCCc1c(C(C)C)nn(C(C)C)c1O. The number of hydrogen-bond acceptors (Lipinski definition) is 2. The minimum Gasteiger partial charge on any atom is -0.493 e. The van der Waals surface area contributed by atoms with Crippen LogP contribution in [0, 0.1) is 0 Å². The summed E-state index contributed by atoms with van der Waals surface area (Å²) in [5, 5.41) is 14.7. The van der Waals surface area contributed by atoms with Crippen molar-refractivity contribution < 1.29 is 5.11 Å². The molecule has 1 N–H and O–H groups in total. The van der Waals surface area contributed by atoms with Crippen molar-refractivity contribution in [2.45, 2.75) is 65.8 Å². The Morgan fingerprint density at radius 3 is 2.31 bits per heavy atom. The Kier molecular flexibility index (Phi) is 4.39. The minimum atomic E-state index is 0.216. The molecule has 0 aromatic carbocycles. The molecule has 3 heteroatoms. The van der Waals surface area contributed by atoms with Gasteiger partial charge in [-0.3, -0.25) is 0 Å². The molecule has 1 heterocycles. The van der Waals surface area contributed by atoms with Gasteiger partial charge >= 0.3 is 0 Å². The van der Waals surface area contributed by atoms with Crippen LogP contribution in [0.2, 0.25) is 0 Å². The first kappa shape index (κ1) is 13.1. The Morgan fingerprint density at radius 2 is 1.88 bits per heavy atom. The molecule has 0 fully saturated rings. The number of nitrogens with zero attached hydrogens (tertiary/aromatic N) is 2. The monoisotopic (exact) mass is 224 g/mol. The lowest BCUT2D eigenvalue weighted by Gasteiger charge is -2.06. The van der Waals surface area contributed by atoms with Crippen molar-refractivity contribution in [2.24, 2.45) is 0 Å². The Balaban J connectivity index is 3.10. The average Bonchev–Trinajstić information content (AvgIpc) is 2.53. The van der Waals surface area contributed by atoms with Crippen LogP contribution in [0.25, 0.3) is 0 Å². The Bertz CT molecular complexity index is 340. The second-order valence-electron chi connectivity index (χ2n) is 4.98. The van der Waals surface area contributed by atoms with E-state index in [0.29, 0.717) is 11.8 Å². The van der Waals surface area contributed by atoms with Crippen LogP contribution in [0.5, 0.6) is 5.88 Å². The van der Waals surface area contributed by atoms with Gasteiger partial charge in [-0.05, 0) is 32.6 Å². The highest BCUT2D eigenvalue weighted by Gasteiger charge is 2.19. The molecule has 1 aromatic heterocycles. The van der Waals surface area contributed by atoms with E-state index < -0.39 is 0 Å². The van der Waals surface area contributed by atoms with Crippen LogP contribution < -0.4 is 0 Å². The van der Waals surface area contributed by atoms with Gasteiger partial charge in [0.15, 0.2) is 0 Å². The summed E-state index contributed by atoms with van der Waals surface area (Å²) in [5.41, 5.74) is 2.10. The number of aromatic nitrogens is 2. The van der Waals surface area contributed by atoms with Gasteiger partial charge in [-0.15, -0.1) is 0 Å². The molecule has 0 saturated heterocycles. The summed E-state index contributed by atoms with van der Waals surface area (Å²) in [6.07, 6.45) is 3.18. The molecular formula is C13H24N2O. The number of hydrogen-bond donors (Lipinski definition) is 1. The lowest BCUT2D eigenvalue weighted by Crippen LogP contribution is -2.03. The fourth-order valence-corrected chi connectivity index (χ4v) is 1.89. The van der Waals surface area contributed by atoms with Gasteiger partial charge in [0, 0.05) is 5.56 Å². The van der Waals surface area contributed by atoms with Crippen molar-refractivity contribution in [3.05, 3.63) is 11.3 Å². The number of unbranched alkanes of at least 4 members (excludes halogenated alkanes) is 1. The summed E-state index contributed by atoms with van der Waals surface area (Å²) < 4.78 is 1.74. The number of aromatic hydroxyl groups is 1. The number of rotatable bonds is 5. The van der Waals surface area contributed by atoms with Crippen molar-refractivity contribution >= 4 is 0 Å². The average molecular weight is 224 g/mol. The van der Waals surface area contributed by atoms with Crippen molar-refractivity contribution in [3.8, 4) is 5.88 Å². The summed E-state index contributed by atoms with van der Waals surface area (Å²) in [7, 11) is 0. The minimum absolute atomic E-state index is 0.216. The van der Waals surface area contributed by atoms with Crippen LogP contribution >= 0.6 is 0 Å². The third kappa shape index (κ3) is 2.57. The van der Waals surface area contributed by atoms with Gasteiger partial charge in [0.1, 0.15) is 0 Å². The van der Waals surface area contributed by atoms with Gasteiger partial charge in [-0.1, -0.05) is 27.2 Å². The molecule has 0 atom stereocenters. The van der Waals surface area contributed by atoms with Crippen molar-refractivity contribution in [2.75, 3.05) is 0 Å². The maximum Gasteiger partial charge on any atom is 0.213 e. The van der Waals surface area contributed by atoms with Crippen LogP contribution in [0.1, 0.15) is 70.7 Å². The zero-order valence-electron chi connectivity index (χ0n) is 11.1. The predicted octanol–water partition coefficient (Wildman–Crippen LogP) is 3.64. The predicted molar refractivity (Wildman–Crippen MR) is 67.0 cm³/mol. The highest BCUT2D eigenvalue weighted by molar-refractivity contribution is 5.33. The molecule has 0 radical (unpaired) electrons. The van der Waals surface area contributed by atoms with E-state index in [9.17, 15) is 5.11 Å². The topological polar surface area (TPSA) is 38.0 Å². The Hall–Kier alpha value is -0.990. The summed E-state index contributed by atoms with van der Waals surface area (Å²) >= 11 is 0. The normalized spacial score (nSPS) is 11.7. The molecule has 0 unspecified atom stereocenters. The van der Waals surface area contributed by atoms with Gasteiger partial charge in [0.05, 0.1) is 11.7 Å². The van der Waals surface area contributed by atoms with Crippen molar-refractivity contribution in [1.29, 1.82) is 0 Å². The molecule has 1 rings (SSSR count). The second kappa shape index (κ2) is 5.37. The standard InChI is InChI=1S/C13H24N2O/c1-6-7-8-11-12(9(2)3)14-15(10(4)5)13(11)16/h9-10,16H,6-8H2,1-5H3. The fraction of sp³-hybridized carbons (Fsp3) is 0.769. The summed E-state index contributed by atoms with van der Waals surface area (Å²) in [4.78, 5) is 0. The zero-order valence-corrected chi connectivity index (χ0v) is 11.1. The first-order valence-electron chi connectivity index (χ1n) is 6.29. The van der Waals surface area contributed by atoms with E-state index in [-0.39, 0.29) is 6.04 Å². The highest BCUT2D eigenvalue weighted by Crippen LogP contribution is 2.30. The van der Waals surface area contributed by atoms with E-state index in [1.807, 2.05) is 13.8 Å². The Morgan fingerprint density at radius 1 is 1.25 bits per heavy atom. The highest BCUT2D eigenvalue weighted by atomic mass is 16.3. The Labute approximate surface area is 98.5 Å². The third-order valence-electron chi connectivity index (χ3n) is 2.83. The van der Waals surface area contributed by atoms with Crippen LogP contribution in [0.15, 0.2) is 0 Å². The molecule has 0 saturated carbocycles. The smallest absolute Gasteiger partial charge is 0.213 e. The maximum atomic E-state index is 10.2. The van der Waals surface area contributed by atoms with E-state index in [4.69, 9.17) is 0 Å². The van der Waals surface area contributed by atoms with Gasteiger partial charge in [0.25, 0.3) is 0 Å². The maximum absolute atomic E-state index is 10.2. The molecule has 92 valence electrons. The van der Waals surface area contributed by atoms with E-state index in [1.54, 1.807) is 4.68 Å². The molecule has 3 nitrogen and oxygen atoms in total. The lowest BCUT2D eigenvalue weighted by molar-refractivity contribution is 0.373. The molecule has 0 spiro atoms. The van der Waals surface area contributed by atoms with Crippen LogP contribution in [-0.2, 0) is 6.42 Å². The second-order valence-corrected chi connectivity index (χ2v) is 4.98. The summed E-state index contributed by atoms with van der Waals surface area (Å²) in [5.74, 6) is 0.741. The van der Waals surface area contributed by atoms with Crippen LogP contribution in [-0.4, -0.2) is 14.9 Å². The largest absolute Gasteiger partial charge is 0.493 e. The molecular weight excluding hydrogens is 200 g/mol. The van der Waals surface area contributed by atoms with E-state index >= 15 is 0 Å². The molecule has 0 bridgehead atoms. The first-order chi connectivity index (χ1) is 7.49. The molecule has 0 aliphatic rings. The summed E-state index contributed by atoms with van der Waals surface area (Å²) in [6.45, 7) is 10.5. The van der Waals surface area contributed by atoms with Gasteiger partial charge in [-0.2, -0.15) is 5.10 Å². The molecule has 1 aromatic rings. The van der Waals surface area contributed by atoms with Gasteiger partial charge < -0.3 is 5.11 Å². The summed E-state index contributed by atoms with van der Waals surface area (Å²) in [6, 6.07) is 0.216. The molecule has 0 amide bonds. The molecule has 0 aliphatic carbocycles. The molecule has 0 aliphatic heterocycles.